The van der Waals surface area contributed by atoms with Gasteiger partial charge in [-0.1, -0.05) is 6.92 Å². The number of carbonyl (C=O) groups excluding carboxylic acids is 1. The number of hydrogen-bond acceptors (Lipinski definition) is 4. The van der Waals surface area contributed by atoms with E-state index in [1.807, 2.05) is 20.2 Å². The minimum Gasteiger partial charge on any atom is -0.310 e. The van der Waals surface area contributed by atoms with Crippen LogP contribution in [0.2, 0.25) is 0 Å². The van der Waals surface area contributed by atoms with Gasteiger partial charge in [0.15, 0.2) is 0 Å². The molecule has 24 heavy (non-hydrogen) atoms. The first-order valence-electron chi connectivity index (χ1n) is 8.17. The number of amides is 1. The monoisotopic (exact) mass is 368 g/mol. The van der Waals surface area contributed by atoms with E-state index in [4.69, 9.17) is 0 Å². The van der Waals surface area contributed by atoms with Gasteiger partial charge in [0.05, 0.1) is 11.2 Å². The van der Waals surface area contributed by atoms with Crippen LogP contribution in [0.4, 0.5) is 4.39 Å². The Hall–Kier alpha value is -1.01. The molecule has 0 saturated carbocycles. The molecule has 0 aliphatic carbocycles. The molecular formula is C18H25FN2OS2. The Balaban J connectivity index is 2.22. The summed E-state index contributed by atoms with van der Waals surface area (Å²) in [5.74, 6) is 0.641. The van der Waals surface area contributed by atoms with Crippen molar-refractivity contribution >= 4 is 29.4 Å². The van der Waals surface area contributed by atoms with E-state index >= 15 is 0 Å². The molecule has 132 valence electrons. The van der Waals surface area contributed by atoms with Gasteiger partial charge >= 0.3 is 0 Å². The Morgan fingerprint density at radius 1 is 1.54 bits per heavy atom. The van der Waals surface area contributed by atoms with E-state index in [1.165, 1.54) is 11.8 Å². The van der Waals surface area contributed by atoms with Gasteiger partial charge in [-0.3, -0.25) is 9.78 Å². The maximum atomic E-state index is 13.5. The Morgan fingerprint density at radius 2 is 2.29 bits per heavy atom. The highest BCUT2D eigenvalue weighted by Gasteiger charge is 2.27. The molecule has 0 saturated heterocycles. The standard InChI is InChI=1S/C18H25FN2OS2/c1-12-6-5-7-16(14-8-15(19)10-20-9-14)24-18(12)21(3)17(22)13(2)11-23-4/h8-10,13,16H,5-7,11H2,1-4H3. The largest absolute Gasteiger partial charge is 0.310 e. The van der Waals surface area contributed by atoms with Gasteiger partial charge < -0.3 is 4.90 Å². The van der Waals surface area contributed by atoms with Crippen molar-refractivity contribution in [3.63, 3.8) is 0 Å². The maximum absolute atomic E-state index is 13.5. The van der Waals surface area contributed by atoms with Crippen molar-refractivity contribution in [2.45, 2.75) is 38.4 Å². The lowest BCUT2D eigenvalue weighted by atomic mass is 10.1. The molecule has 1 aliphatic heterocycles. The van der Waals surface area contributed by atoms with E-state index in [0.717, 1.165) is 35.6 Å². The second-order valence-electron chi connectivity index (χ2n) is 6.27. The van der Waals surface area contributed by atoms with Crippen LogP contribution in [0.15, 0.2) is 29.1 Å². The first kappa shape index (κ1) is 19.3. The summed E-state index contributed by atoms with van der Waals surface area (Å²) in [5.41, 5.74) is 2.13. The third kappa shape index (κ3) is 4.76. The summed E-state index contributed by atoms with van der Waals surface area (Å²) in [6, 6.07) is 1.56. The summed E-state index contributed by atoms with van der Waals surface area (Å²) in [4.78, 5) is 18.5. The second-order valence-corrected chi connectivity index (χ2v) is 8.38. The molecular weight excluding hydrogens is 343 g/mol. The van der Waals surface area contributed by atoms with Crippen molar-refractivity contribution in [3.05, 3.63) is 40.4 Å². The zero-order valence-electron chi connectivity index (χ0n) is 14.7. The third-order valence-corrected chi connectivity index (χ3v) is 6.68. The van der Waals surface area contributed by atoms with E-state index < -0.39 is 0 Å². The lowest BCUT2D eigenvalue weighted by Crippen LogP contribution is -2.32. The third-order valence-electron chi connectivity index (χ3n) is 4.21. The molecule has 1 aliphatic rings. The number of allylic oxidation sites excluding steroid dienone is 1. The van der Waals surface area contributed by atoms with Crippen LogP contribution in [0, 0.1) is 11.7 Å². The maximum Gasteiger partial charge on any atom is 0.230 e. The van der Waals surface area contributed by atoms with Crippen molar-refractivity contribution in [2.24, 2.45) is 5.92 Å². The molecule has 0 aromatic carbocycles. The van der Waals surface area contributed by atoms with Crippen LogP contribution >= 0.6 is 23.5 Å². The molecule has 0 fully saturated rings. The SMILES string of the molecule is CSCC(C)C(=O)N(C)C1=C(C)CCCC(c2cncc(F)c2)S1. The van der Waals surface area contributed by atoms with Gasteiger partial charge in [0.25, 0.3) is 0 Å². The van der Waals surface area contributed by atoms with Crippen LogP contribution in [0.5, 0.6) is 0 Å². The van der Waals surface area contributed by atoms with Gasteiger partial charge in [-0.05, 0) is 49.6 Å². The zero-order chi connectivity index (χ0) is 17.7. The number of rotatable bonds is 5. The first-order chi connectivity index (χ1) is 11.4. The quantitative estimate of drug-likeness (QED) is 0.742. The summed E-state index contributed by atoms with van der Waals surface area (Å²) < 4.78 is 13.5. The average molecular weight is 369 g/mol. The minimum absolute atomic E-state index is 0.0107. The fourth-order valence-corrected chi connectivity index (χ4v) is 4.92. The van der Waals surface area contributed by atoms with Gasteiger partial charge in [0.1, 0.15) is 5.82 Å². The number of hydrogen-bond donors (Lipinski definition) is 0. The molecule has 1 aromatic rings. The second kappa shape index (κ2) is 8.90. The number of pyridine rings is 1. The fourth-order valence-electron chi connectivity index (χ4n) is 2.91. The zero-order valence-corrected chi connectivity index (χ0v) is 16.3. The summed E-state index contributed by atoms with van der Waals surface area (Å²) in [6.45, 7) is 4.07. The smallest absolute Gasteiger partial charge is 0.230 e. The summed E-state index contributed by atoms with van der Waals surface area (Å²) in [6.07, 6.45) is 7.94. The molecule has 6 heteroatoms. The molecule has 0 N–H and O–H groups in total. The Kier molecular flexibility index (Phi) is 7.16. The Morgan fingerprint density at radius 3 is 2.96 bits per heavy atom. The lowest BCUT2D eigenvalue weighted by molar-refractivity contribution is -0.130. The Labute approximate surface area is 152 Å². The number of halogens is 1. The van der Waals surface area contributed by atoms with E-state index in [1.54, 1.807) is 40.7 Å². The van der Waals surface area contributed by atoms with Crippen molar-refractivity contribution < 1.29 is 9.18 Å². The normalized spacial score (nSPS) is 19.8. The number of thioether (sulfide) groups is 2. The van der Waals surface area contributed by atoms with Crippen molar-refractivity contribution in [3.8, 4) is 0 Å². The minimum atomic E-state index is -0.308. The van der Waals surface area contributed by atoms with Gasteiger partial charge in [0.2, 0.25) is 5.91 Å². The van der Waals surface area contributed by atoms with E-state index in [0.29, 0.717) is 0 Å². The summed E-state index contributed by atoms with van der Waals surface area (Å²) >= 11 is 3.35. The van der Waals surface area contributed by atoms with Crippen LogP contribution in [0.3, 0.4) is 0 Å². The van der Waals surface area contributed by atoms with Crippen molar-refractivity contribution in [1.29, 1.82) is 0 Å². The highest BCUT2D eigenvalue weighted by atomic mass is 32.2. The van der Waals surface area contributed by atoms with Gasteiger partial charge in [-0.15, -0.1) is 11.8 Å². The van der Waals surface area contributed by atoms with Crippen molar-refractivity contribution in [2.75, 3.05) is 19.1 Å². The molecule has 0 bridgehead atoms. The summed E-state index contributed by atoms with van der Waals surface area (Å²) in [7, 11) is 1.86. The average Bonchev–Trinajstić information content (AvgIpc) is 2.75. The molecule has 2 atom stereocenters. The first-order valence-corrected chi connectivity index (χ1v) is 10.4. The fraction of sp³-hybridized carbons (Fsp3) is 0.556. The van der Waals surface area contributed by atoms with E-state index in [9.17, 15) is 9.18 Å². The van der Waals surface area contributed by atoms with Crippen molar-refractivity contribution in [1.82, 2.24) is 9.88 Å². The van der Waals surface area contributed by atoms with Crippen LogP contribution in [0.25, 0.3) is 0 Å². The van der Waals surface area contributed by atoms with Gasteiger partial charge in [0, 0.05) is 30.2 Å². The van der Waals surface area contributed by atoms with Gasteiger partial charge in [-0.2, -0.15) is 11.8 Å². The molecule has 2 heterocycles. The molecule has 3 nitrogen and oxygen atoms in total. The lowest BCUT2D eigenvalue weighted by Gasteiger charge is -2.26. The molecule has 2 unspecified atom stereocenters. The number of nitrogens with zero attached hydrogens (tertiary/aromatic N) is 2. The predicted molar refractivity (Wildman–Crippen MR) is 101 cm³/mol. The molecule has 1 amide bonds. The van der Waals surface area contributed by atoms with Crippen LogP contribution < -0.4 is 0 Å². The molecule has 0 spiro atoms. The van der Waals surface area contributed by atoms with Gasteiger partial charge in [-0.25, -0.2) is 4.39 Å². The molecule has 2 rings (SSSR count). The Bertz CT molecular complexity index is 621. The number of carbonyl (C=O) groups is 1. The highest BCUT2D eigenvalue weighted by molar-refractivity contribution is 8.03. The van der Waals surface area contributed by atoms with E-state index in [-0.39, 0.29) is 22.9 Å². The topological polar surface area (TPSA) is 33.2 Å². The summed E-state index contributed by atoms with van der Waals surface area (Å²) in [5, 5.41) is 1.14. The highest BCUT2D eigenvalue weighted by Crippen LogP contribution is 2.44. The van der Waals surface area contributed by atoms with Crippen LogP contribution in [0.1, 0.15) is 43.9 Å². The van der Waals surface area contributed by atoms with Crippen LogP contribution in [-0.2, 0) is 4.79 Å². The van der Waals surface area contributed by atoms with E-state index in [2.05, 4.69) is 11.9 Å². The molecule has 1 aromatic heterocycles. The molecule has 0 radical (unpaired) electrons. The predicted octanol–water partition coefficient (Wildman–Crippen LogP) is 4.87. The van der Waals surface area contributed by atoms with Crippen LogP contribution in [-0.4, -0.2) is 34.8 Å². The number of aromatic nitrogens is 1.